The Bertz CT molecular complexity index is 551. The molecule has 2 nitrogen and oxygen atoms in total. The van der Waals surface area contributed by atoms with Gasteiger partial charge in [-0.05, 0) is 49.6 Å². The topological polar surface area (TPSA) is 33.1 Å². The zero-order valence-corrected chi connectivity index (χ0v) is 12.4. The molecule has 2 rings (SSSR count). The molecule has 0 spiro atoms. The molecular formula is C16H19NOS. The van der Waals surface area contributed by atoms with Gasteiger partial charge in [0.2, 0.25) is 0 Å². The predicted molar refractivity (Wildman–Crippen MR) is 79.5 cm³/mol. The average Bonchev–Trinajstić information content (AvgIpc) is 2.43. The van der Waals surface area contributed by atoms with Crippen molar-refractivity contribution in [1.29, 1.82) is 0 Å². The minimum atomic E-state index is -0.459. The van der Waals surface area contributed by atoms with Gasteiger partial charge >= 0.3 is 0 Å². The summed E-state index contributed by atoms with van der Waals surface area (Å²) in [6.45, 7) is 6.16. The number of benzene rings is 1. The van der Waals surface area contributed by atoms with Crippen molar-refractivity contribution in [2.75, 3.05) is 0 Å². The van der Waals surface area contributed by atoms with E-state index in [1.165, 1.54) is 16.0 Å². The summed E-state index contributed by atoms with van der Waals surface area (Å²) in [6.07, 6.45) is 2.07. The lowest BCUT2D eigenvalue weighted by atomic mass is 10.2. The Morgan fingerprint density at radius 2 is 2.00 bits per heavy atom. The van der Waals surface area contributed by atoms with Crippen molar-refractivity contribution >= 4 is 11.8 Å². The van der Waals surface area contributed by atoms with Crippen LogP contribution in [0.25, 0.3) is 0 Å². The predicted octanol–water partition coefficient (Wildman–Crippen LogP) is 4.29. The quantitative estimate of drug-likeness (QED) is 0.902. The molecule has 1 heterocycles. The first-order valence-electron chi connectivity index (χ1n) is 6.49. The summed E-state index contributed by atoms with van der Waals surface area (Å²) in [5, 5.41) is 9.72. The summed E-state index contributed by atoms with van der Waals surface area (Å²) in [7, 11) is 0. The molecule has 1 aromatic carbocycles. The van der Waals surface area contributed by atoms with E-state index in [1.807, 2.05) is 25.3 Å². The highest BCUT2D eigenvalue weighted by Crippen LogP contribution is 2.31. The van der Waals surface area contributed by atoms with Crippen LogP contribution in [-0.2, 0) is 0 Å². The Hall–Kier alpha value is -1.32. The van der Waals surface area contributed by atoms with Crippen LogP contribution in [0.2, 0.25) is 0 Å². The van der Waals surface area contributed by atoms with Crippen LogP contribution in [0.3, 0.4) is 0 Å². The highest BCUT2D eigenvalue weighted by molar-refractivity contribution is 7.99. The Labute approximate surface area is 118 Å². The SMILES string of the molecule is CC[C@H](O)c1ccc(Sc2cc(C)ccc2C)cn1. The molecule has 1 N–H and O–H groups in total. The van der Waals surface area contributed by atoms with Crippen LogP contribution in [0.15, 0.2) is 46.3 Å². The van der Waals surface area contributed by atoms with Crippen LogP contribution in [0, 0.1) is 13.8 Å². The molecule has 0 saturated carbocycles. The van der Waals surface area contributed by atoms with Gasteiger partial charge in [-0.3, -0.25) is 4.98 Å². The molecule has 0 fully saturated rings. The average molecular weight is 273 g/mol. The van der Waals surface area contributed by atoms with E-state index < -0.39 is 6.10 Å². The van der Waals surface area contributed by atoms with Crippen molar-refractivity contribution in [2.24, 2.45) is 0 Å². The molecule has 0 unspecified atom stereocenters. The van der Waals surface area contributed by atoms with Gasteiger partial charge in [-0.1, -0.05) is 30.8 Å². The van der Waals surface area contributed by atoms with E-state index in [-0.39, 0.29) is 0 Å². The molecule has 0 aliphatic carbocycles. The zero-order valence-electron chi connectivity index (χ0n) is 11.6. The normalized spacial score (nSPS) is 12.4. The fraction of sp³-hybridized carbons (Fsp3) is 0.312. The van der Waals surface area contributed by atoms with Gasteiger partial charge in [-0.15, -0.1) is 0 Å². The second-order valence-corrected chi connectivity index (χ2v) is 5.83. The molecule has 0 radical (unpaired) electrons. The second kappa shape index (κ2) is 6.22. The van der Waals surface area contributed by atoms with E-state index in [1.54, 1.807) is 11.8 Å². The van der Waals surface area contributed by atoms with Gasteiger partial charge in [0, 0.05) is 16.0 Å². The molecule has 1 atom stereocenters. The molecule has 100 valence electrons. The number of hydrogen-bond donors (Lipinski definition) is 1. The van der Waals surface area contributed by atoms with Crippen molar-refractivity contribution in [3.05, 3.63) is 53.3 Å². The molecule has 1 aromatic heterocycles. The summed E-state index contributed by atoms with van der Waals surface area (Å²) in [4.78, 5) is 6.68. The number of aryl methyl sites for hydroxylation is 2. The molecule has 0 saturated heterocycles. The van der Waals surface area contributed by atoms with Crippen LogP contribution in [0.5, 0.6) is 0 Å². The second-order valence-electron chi connectivity index (χ2n) is 4.71. The van der Waals surface area contributed by atoms with E-state index in [4.69, 9.17) is 0 Å². The minimum Gasteiger partial charge on any atom is -0.387 e. The van der Waals surface area contributed by atoms with Gasteiger partial charge in [-0.2, -0.15) is 0 Å². The van der Waals surface area contributed by atoms with Gasteiger partial charge in [-0.25, -0.2) is 0 Å². The molecule has 0 bridgehead atoms. The van der Waals surface area contributed by atoms with Crippen LogP contribution in [0.1, 0.15) is 36.3 Å². The van der Waals surface area contributed by atoms with Gasteiger partial charge in [0.25, 0.3) is 0 Å². The number of pyridine rings is 1. The van der Waals surface area contributed by atoms with Gasteiger partial charge in [0.1, 0.15) is 0 Å². The molecular weight excluding hydrogens is 254 g/mol. The molecule has 0 aliphatic rings. The third-order valence-electron chi connectivity index (χ3n) is 3.06. The Kier molecular flexibility index (Phi) is 4.61. The Morgan fingerprint density at radius 3 is 2.63 bits per heavy atom. The standard InChI is InChI=1S/C16H19NOS/c1-4-15(18)14-8-7-13(10-17-14)19-16-9-11(2)5-6-12(16)3/h5-10,15,18H,4H2,1-3H3/t15-/m0/s1. The monoisotopic (exact) mass is 273 g/mol. The molecule has 2 aromatic rings. The smallest absolute Gasteiger partial charge is 0.0957 e. The van der Waals surface area contributed by atoms with Crippen molar-refractivity contribution in [3.8, 4) is 0 Å². The summed E-state index contributed by atoms with van der Waals surface area (Å²) in [5.41, 5.74) is 3.28. The Balaban J connectivity index is 2.17. The highest BCUT2D eigenvalue weighted by atomic mass is 32.2. The lowest BCUT2D eigenvalue weighted by Crippen LogP contribution is -1.97. The maximum atomic E-state index is 9.72. The van der Waals surface area contributed by atoms with Gasteiger partial charge in [0.05, 0.1) is 11.8 Å². The summed E-state index contributed by atoms with van der Waals surface area (Å²) < 4.78 is 0. The fourth-order valence-electron chi connectivity index (χ4n) is 1.80. The largest absolute Gasteiger partial charge is 0.387 e. The first kappa shape index (κ1) is 14.1. The summed E-state index contributed by atoms with van der Waals surface area (Å²) in [6, 6.07) is 10.4. The molecule has 0 aliphatic heterocycles. The number of hydrogen-bond acceptors (Lipinski definition) is 3. The minimum absolute atomic E-state index is 0.459. The number of rotatable bonds is 4. The van der Waals surface area contributed by atoms with Crippen LogP contribution >= 0.6 is 11.8 Å². The van der Waals surface area contributed by atoms with Crippen LogP contribution in [0.4, 0.5) is 0 Å². The fourth-order valence-corrected chi connectivity index (χ4v) is 2.77. The zero-order chi connectivity index (χ0) is 13.8. The molecule has 19 heavy (non-hydrogen) atoms. The van der Waals surface area contributed by atoms with Crippen molar-refractivity contribution in [3.63, 3.8) is 0 Å². The van der Waals surface area contributed by atoms with E-state index in [0.29, 0.717) is 6.42 Å². The maximum Gasteiger partial charge on any atom is 0.0957 e. The highest BCUT2D eigenvalue weighted by Gasteiger charge is 2.07. The third kappa shape index (κ3) is 3.58. The van der Waals surface area contributed by atoms with Gasteiger partial charge in [0.15, 0.2) is 0 Å². The lowest BCUT2D eigenvalue weighted by Gasteiger charge is -2.09. The first-order chi connectivity index (χ1) is 9.10. The van der Waals surface area contributed by atoms with E-state index in [9.17, 15) is 5.11 Å². The van der Waals surface area contributed by atoms with Crippen molar-refractivity contribution in [1.82, 2.24) is 4.98 Å². The van der Waals surface area contributed by atoms with Gasteiger partial charge < -0.3 is 5.11 Å². The number of nitrogens with zero attached hydrogens (tertiary/aromatic N) is 1. The summed E-state index contributed by atoms with van der Waals surface area (Å²) >= 11 is 1.71. The lowest BCUT2D eigenvalue weighted by molar-refractivity contribution is 0.169. The Morgan fingerprint density at radius 1 is 1.21 bits per heavy atom. The van der Waals surface area contributed by atoms with Crippen molar-refractivity contribution < 1.29 is 5.11 Å². The molecule has 3 heteroatoms. The van der Waals surface area contributed by atoms with Crippen LogP contribution in [-0.4, -0.2) is 10.1 Å². The number of aliphatic hydroxyl groups is 1. The van der Waals surface area contributed by atoms with E-state index in [0.717, 1.165) is 10.6 Å². The van der Waals surface area contributed by atoms with Crippen LogP contribution < -0.4 is 0 Å². The van der Waals surface area contributed by atoms with Crippen molar-refractivity contribution in [2.45, 2.75) is 43.1 Å². The molecule has 0 amide bonds. The number of aromatic nitrogens is 1. The first-order valence-corrected chi connectivity index (χ1v) is 7.31. The number of aliphatic hydroxyl groups excluding tert-OH is 1. The van der Waals surface area contributed by atoms with E-state index >= 15 is 0 Å². The van der Waals surface area contributed by atoms with E-state index in [2.05, 4.69) is 37.0 Å². The summed E-state index contributed by atoms with van der Waals surface area (Å²) in [5.74, 6) is 0. The third-order valence-corrected chi connectivity index (χ3v) is 4.20. The maximum absolute atomic E-state index is 9.72.